The molecule has 15 heteroatoms. The number of fused-ring (bicyclic) bond motifs is 1. The van der Waals surface area contributed by atoms with E-state index < -0.39 is 12.3 Å². The Balaban J connectivity index is 0.000000665. The van der Waals surface area contributed by atoms with Crippen molar-refractivity contribution < 1.29 is 32.2 Å². The summed E-state index contributed by atoms with van der Waals surface area (Å²) in [4.78, 5) is 26.1. The molecule has 3 aromatic heterocycles. The topological polar surface area (TPSA) is 137 Å². The lowest BCUT2D eigenvalue weighted by Gasteiger charge is -2.17. The number of aryl methyl sites for hydroxylation is 2. The molecule has 47 heavy (non-hydrogen) atoms. The van der Waals surface area contributed by atoms with Gasteiger partial charge < -0.3 is 19.8 Å². The third kappa shape index (κ3) is 12.6. The van der Waals surface area contributed by atoms with Gasteiger partial charge in [-0.15, -0.1) is 32.6 Å². The third-order valence-corrected chi connectivity index (χ3v) is 7.52. The molecule has 1 unspecified atom stereocenters. The minimum atomic E-state index is -4.79. The molecule has 0 fully saturated rings. The molecule has 4 aromatic rings. The maximum absolute atomic E-state index is 12.5. The van der Waals surface area contributed by atoms with Crippen LogP contribution in [0.3, 0.4) is 0 Å². The number of carbonyl (C=O) groups is 2. The van der Waals surface area contributed by atoms with E-state index in [1.807, 2.05) is 20.8 Å². The van der Waals surface area contributed by atoms with Crippen molar-refractivity contribution >= 4 is 37.5 Å². The maximum atomic E-state index is 12.5. The summed E-state index contributed by atoms with van der Waals surface area (Å²) in [6, 6.07) is 8.16. The third-order valence-electron chi connectivity index (χ3n) is 6.95. The number of alkyl halides is 3. The Hall–Kier alpha value is -4.06. The zero-order chi connectivity index (χ0) is 34.8. The highest BCUT2D eigenvalue weighted by Gasteiger charge is 2.31. The normalized spacial score (nSPS) is 11.7. The highest BCUT2D eigenvalue weighted by atomic mass is 31.0. The molecule has 2 N–H and O–H groups in total. The number of carbonyl (C=O) groups excluding carboxylic acids is 2. The van der Waals surface area contributed by atoms with Crippen LogP contribution in [0.5, 0.6) is 5.75 Å². The van der Waals surface area contributed by atoms with Gasteiger partial charge in [-0.2, -0.15) is 5.10 Å². The lowest BCUT2D eigenvalue weighted by molar-refractivity contribution is -0.274. The molecule has 0 aliphatic heterocycles. The summed E-state index contributed by atoms with van der Waals surface area (Å²) < 4.78 is 47.8. The quantitative estimate of drug-likeness (QED) is 0.104. The van der Waals surface area contributed by atoms with Crippen molar-refractivity contribution in [1.29, 1.82) is 0 Å². The standard InChI is InChI=1S/C26H31F3N7O2P.C6H12O2/c1-3-16(4-2)21-13-17-11-19(32-34-24(17)31-21)7-5-6-10-36-15-22(33-35-36)25(37)30-14-18-12-20(8-9-23(18)39)38-26(27,28)29;1-5(7)8-6(2,3)4/h8-9,11-13,15-16H,3-7,10,14,39H2,1-2H3,(H,30,37)(H,31,34);1-4H3. The Kier molecular flexibility index (Phi) is 13.3. The second-order valence-electron chi connectivity index (χ2n) is 12.0. The predicted molar refractivity (Wildman–Crippen MR) is 175 cm³/mol. The van der Waals surface area contributed by atoms with Gasteiger partial charge in [0.2, 0.25) is 0 Å². The largest absolute Gasteiger partial charge is 0.573 e. The van der Waals surface area contributed by atoms with Crippen LogP contribution < -0.4 is 15.4 Å². The van der Waals surface area contributed by atoms with Crippen molar-refractivity contribution in [2.45, 2.75) is 105 Å². The Bertz CT molecular complexity index is 1630. The van der Waals surface area contributed by atoms with Gasteiger partial charge in [0.25, 0.3) is 5.91 Å². The van der Waals surface area contributed by atoms with Crippen LogP contribution >= 0.6 is 9.24 Å². The molecule has 1 amide bonds. The summed E-state index contributed by atoms with van der Waals surface area (Å²) in [6.45, 7) is 11.9. The van der Waals surface area contributed by atoms with Crippen LogP contribution in [0, 0.1) is 0 Å². The van der Waals surface area contributed by atoms with Crippen LogP contribution in [0.25, 0.3) is 11.0 Å². The number of esters is 1. The van der Waals surface area contributed by atoms with Gasteiger partial charge in [0, 0.05) is 31.1 Å². The van der Waals surface area contributed by atoms with E-state index in [9.17, 15) is 22.8 Å². The van der Waals surface area contributed by atoms with E-state index in [0.29, 0.717) is 23.3 Å². The lowest BCUT2D eigenvalue weighted by atomic mass is 10.00. The summed E-state index contributed by atoms with van der Waals surface area (Å²) in [5.74, 6) is -0.563. The van der Waals surface area contributed by atoms with Crippen LogP contribution in [-0.4, -0.2) is 54.0 Å². The van der Waals surface area contributed by atoms with E-state index in [1.54, 1.807) is 10.9 Å². The van der Waals surface area contributed by atoms with Crippen LogP contribution in [0.4, 0.5) is 13.2 Å². The zero-order valence-corrected chi connectivity index (χ0v) is 28.7. The van der Waals surface area contributed by atoms with Gasteiger partial charge in [-0.1, -0.05) is 25.1 Å². The fourth-order valence-corrected chi connectivity index (χ4v) is 5.07. The van der Waals surface area contributed by atoms with Crippen molar-refractivity contribution in [3.05, 3.63) is 59.2 Å². The summed E-state index contributed by atoms with van der Waals surface area (Å²) in [6.07, 6.45) is 1.33. The highest BCUT2D eigenvalue weighted by molar-refractivity contribution is 7.27. The van der Waals surface area contributed by atoms with Crippen molar-refractivity contribution in [1.82, 2.24) is 35.5 Å². The first-order valence-corrected chi connectivity index (χ1v) is 16.0. The molecule has 0 saturated heterocycles. The van der Waals surface area contributed by atoms with Gasteiger partial charge >= 0.3 is 12.3 Å². The van der Waals surface area contributed by atoms with Gasteiger partial charge in [0.1, 0.15) is 11.4 Å². The second-order valence-corrected chi connectivity index (χ2v) is 12.6. The molecule has 0 bridgehead atoms. The molecule has 3 heterocycles. The predicted octanol–water partition coefficient (Wildman–Crippen LogP) is 6.15. The molecule has 1 atom stereocenters. The number of unbranched alkanes of at least 4 members (excludes halogenated alkanes) is 1. The van der Waals surface area contributed by atoms with Gasteiger partial charge in [-0.3, -0.25) is 14.3 Å². The van der Waals surface area contributed by atoms with Gasteiger partial charge in [-0.05, 0) is 93.9 Å². The molecule has 11 nitrogen and oxygen atoms in total. The number of aromatic nitrogens is 6. The minimum Gasteiger partial charge on any atom is -0.460 e. The fourth-order valence-electron chi connectivity index (χ4n) is 4.79. The molecule has 0 saturated carbocycles. The Labute approximate surface area is 274 Å². The first kappa shape index (κ1) is 37.4. The Morgan fingerprint density at radius 1 is 1.04 bits per heavy atom. The van der Waals surface area contributed by atoms with Crippen LogP contribution in [0.15, 0.2) is 36.5 Å². The van der Waals surface area contributed by atoms with Gasteiger partial charge in [0.15, 0.2) is 11.3 Å². The summed E-state index contributed by atoms with van der Waals surface area (Å²) in [5, 5.41) is 21.0. The molecule has 0 aliphatic carbocycles. The number of nitrogens with zero attached hydrogens (tertiary/aromatic N) is 5. The summed E-state index contributed by atoms with van der Waals surface area (Å²) >= 11 is 0. The molecule has 1 aromatic carbocycles. The van der Waals surface area contributed by atoms with E-state index in [0.717, 1.165) is 48.8 Å². The number of hydrogen-bond acceptors (Lipinski definition) is 8. The molecular formula is C32H43F3N7O4P. The number of rotatable bonds is 12. The average Bonchev–Trinajstić information content (AvgIpc) is 3.61. The monoisotopic (exact) mass is 677 g/mol. The number of benzene rings is 1. The molecule has 256 valence electrons. The van der Waals surface area contributed by atoms with Crippen LogP contribution in [0.2, 0.25) is 0 Å². The number of nitrogens with one attached hydrogen (secondary N) is 2. The maximum Gasteiger partial charge on any atom is 0.573 e. The number of aromatic amines is 1. The smallest absolute Gasteiger partial charge is 0.460 e. The fraction of sp³-hybridized carbons (Fsp3) is 0.500. The Morgan fingerprint density at radius 3 is 2.38 bits per heavy atom. The van der Waals surface area contributed by atoms with Gasteiger partial charge in [-0.25, -0.2) is 0 Å². The van der Waals surface area contributed by atoms with Crippen LogP contribution in [-0.2, 0) is 29.0 Å². The first-order valence-electron chi connectivity index (χ1n) is 15.4. The van der Waals surface area contributed by atoms with Crippen molar-refractivity contribution in [3.63, 3.8) is 0 Å². The summed E-state index contributed by atoms with van der Waals surface area (Å²) in [5.41, 5.74) is 3.20. The number of amides is 1. The number of hydrogen-bond donors (Lipinski definition) is 2. The minimum absolute atomic E-state index is 0.00510. The number of H-pyrrole nitrogens is 1. The SMILES string of the molecule is CC(=O)OC(C)(C)C.CCC(CC)c1cc2cc(CCCCn3cc(C(=O)NCc4cc(OC(F)(F)F)ccc4P)nn3)nnc2[nH]1. The van der Waals surface area contributed by atoms with E-state index in [4.69, 9.17) is 4.74 Å². The van der Waals surface area contributed by atoms with E-state index in [-0.39, 0.29) is 29.6 Å². The van der Waals surface area contributed by atoms with E-state index in [2.05, 4.69) is 70.8 Å². The summed E-state index contributed by atoms with van der Waals surface area (Å²) in [7, 11) is 2.42. The van der Waals surface area contributed by atoms with Crippen LogP contribution in [0.1, 0.15) is 101 Å². The lowest BCUT2D eigenvalue weighted by Crippen LogP contribution is -2.25. The first-order chi connectivity index (χ1) is 22.1. The van der Waals surface area contributed by atoms with Crippen molar-refractivity contribution in [2.24, 2.45) is 0 Å². The number of halogens is 3. The van der Waals surface area contributed by atoms with E-state index >= 15 is 0 Å². The van der Waals surface area contributed by atoms with Crippen molar-refractivity contribution in [3.8, 4) is 5.75 Å². The molecule has 4 rings (SSSR count). The zero-order valence-electron chi connectivity index (χ0n) is 27.6. The number of ether oxygens (including phenoxy) is 2. The molecule has 0 aliphatic rings. The highest BCUT2D eigenvalue weighted by Crippen LogP contribution is 2.26. The second kappa shape index (κ2) is 16.7. The molecule has 0 radical (unpaired) electrons. The molecule has 0 spiro atoms. The Morgan fingerprint density at radius 2 is 1.77 bits per heavy atom. The average molecular weight is 678 g/mol. The molecular weight excluding hydrogens is 634 g/mol. The van der Waals surface area contributed by atoms with Gasteiger partial charge in [0.05, 0.1) is 11.9 Å². The van der Waals surface area contributed by atoms with E-state index in [1.165, 1.54) is 30.8 Å². The van der Waals surface area contributed by atoms with Crippen molar-refractivity contribution in [2.75, 3.05) is 0 Å².